The van der Waals surface area contributed by atoms with Crippen LogP contribution in [0, 0.1) is 11.8 Å². The SMILES string of the molecule is CCCCCCCCC(O)CCCOC(=O)CC(CCCCC(CCCC)C(C)CCCCCC)N(CC)CC. The van der Waals surface area contributed by atoms with Crippen molar-refractivity contribution in [1.29, 1.82) is 0 Å². The molecule has 4 atom stereocenters. The summed E-state index contributed by atoms with van der Waals surface area (Å²) in [5.74, 6) is 1.62. The van der Waals surface area contributed by atoms with Gasteiger partial charge >= 0.3 is 5.97 Å². The van der Waals surface area contributed by atoms with Gasteiger partial charge in [-0.2, -0.15) is 0 Å². The third-order valence-corrected chi connectivity index (χ3v) is 9.18. The fraction of sp³-hybridized carbons (Fsp3) is 0.972. The Hall–Kier alpha value is -0.610. The van der Waals surface area contributed by atoms with Crippen LogP contribution in [0.4, 0.5) is 0 Å². The molecule has 0 aromatic heterocycles. The standard InChI is InChI=1S/C36H73NO3/c1-7-12-15-17-18-20-28-35(38)29-23-30-40-36(39)31-34(37(10-4)11-5)27-22-21-26-33(25-14-9-3)32(6)24-19-16-13-8-2/h32-35,38H,7-31H2,1-6H3. The van der Waals surface area contributed by atoms with Crippen molar-refractivity contribution in [2.75, 3.05) is 19.7 Å². The molecule has 0 heterocycles. The summed E-state index contributed by atoms with van der Waals surface area (Å²) in [7, 11) is 0. The molecule has 0 radical (unpaired) electrons. The van der Waals surface area contributed by atoms with Crippen LogP contribution in [0.25, 0.3) is 0 Å². The summed E-state index contributed by atoms with van der Waals surface area (Å²) >= 11 is 0. The summed E-state index contributed by atoms with van der Waals surface area (Å²) in [6.07, 6.45) is 25.9. The molecule has 4 nitrogen and oxygen atoms in total. The first-order valence-corrected chi connectivity index (χ1v) is 18.0. The number of carbonyl (C=O) groups is 1. The van der Waals surface area contributed by atoms with Crippen LogP contribution in [-0.4, -0.2) is 47.8 Å². The summed E-state index contributed by atoms with van der Waals surface area (Å²) < 4.78 is 5.63. The zero-order valence-corrected chi connectivity index (χ0v) is 28.2. The van der Waals surface area contributed by atoms with Gasteiger partial charge < -0.3 is 14.7 Å². The van der Waals surface area contributed by atoms with E-state index in [0.29, 0.717) is 13.0 Å². The maximum absolute atomic E-state index is 12.7. The fourth-order valence-corrected chi connectivity index (χ4v) is 6.31. The van der Waals surface area contributed by atoms with Crippen LogP contribution >= 0.6 is 0 Å². The average molecular weight is 568 g/mol. The van der Waals surface area contributed by atoms with E-state index < -0.39 is 0 Å². The van der Waals surface area contributed by atoms with Gasteiger partial charge in [-0.25, -0.2) is 0 Å². The largest absolute Gasteiger partial charge is 0.466 e. The number of nitrogens with zero attached hydrogens (tertiary/aromatic N) is 1. The molecule has 0 saturated heterocycles. The highest BCUT2D eigenvalue weighted by molar-refractivity contribution is 5.70. The molecule has 4 unspecified atom stereocenters. The lowest BCUT2D eigenvalue weighted by atomic mass is 9.82. The maximum atomic E-state index is 12.7. The van der Waals surface area contributed by atoms with Crippen LogP contribution in [0.5, 0.6) is 0 Å². The van der Waals surface area contributed by atoms with Gasteiger partial charge in [0.2, 0.25) is 0 Å². The molecule has 0 fully saturated rings. The highest BCUT2D eigenvalue weighted by atomic mass is 16.5. The molecule has 0 aromatic carbocycles. The van der Waals surface area contributed by atoms with Gasteiger partial charge in [-0.15, -0.1) is 0 Å². The molecule has 0 rings (SSSR count). The van der Waals surface area contributed by atoms with Gasteiger partial charge in [0.25, 0.3) is 0 Å². The lowest BCUT2D eigenvalue weighted by Crippen LogP contribution is -2.37. The number of rotatable bonds is 30. The van der Waals surface area contributed by atoms with E-state index in [2.05, 4.69) is 46.4 Å². The predicted molar refractivity (Wildman–Crippen MR) is 175 cm³/mol. The Morgan fingerprint density at radius 3 is 1.77 bits per heavy atom. The van der Waals surface area contributed by atoms with E-state index in [9.17, 15) is 9.90 Å². The van der Waals surface area contributed by atoms with Crippen LogP contribution in [-0.2, 0) is 9.53 Å². The Morgan fingerprint density at radius 2 is 1.12 bits per heavy atom. The topological polar surface area (TPSA) is 49.8 Å². The Bertz CT molecular complexity index is 536. The van der Waals surface area contributed by atoms with Crippen LogP contribution in [0.15, 0.2) is 0 Å². The number of hydrogen-bond acceptors (Lipinski definition) is 4. The van der Waals surface area contributed by atoms with Crippen molar-refractivity contribution in [2.45, 2.75) is 195 Å². The molecule has 1 N–H and O–H groups in total. The van der Waals surface area contributed by atoms with Gasteiger partial charge in [-0.1, -0.05) is 151 Å². The summed E-state index contributed by atoms with van der Waals surface area (Å²) in [6.45, 7) is 16.1. The van der Waals surface area contributed by atoms with Crippen molar-refractivity contribution in [3.8, 4) is 0 Å². The van der Waals surface area contributed by atoms with Gasteiger partial charge in [0.1, 0.15) is 0 Å². The Labute approximate surface area is 251 Å². The number of carbonyl (C=O) groups excluding carboxylic acids is 1. The molecule has 0 spiro atoms. The molecule has 0 bridgehead atoms. The van der Waals surface area contributed by atoms with E-state index >= 15 is 0 Å². The fourth-order valence-electron chi connectivity index (χ4n) is 6.31. The van der Waals surface area contributed by atoms with E-state index in [1.54, 1.807) is 0 Å². The minimum Gasteiger partial charge on any atom is -0.466 e. The smallest absolute Gasteiger partial charge is 0.307 e. The van der Waals surface area contributed by atoms with Crippen LogP contribution in [0.3, 0.4) is 0 Å². The molecule has 0 saturated carbocycles. The first-order valence-electron chi connectivity index (χ1n) is 18.0. The monoisotopic (exact) mass is 568 g/mol. The summed E-state index contributed by atoms with van der Waals surface area (Å²) in [4.78, 5) is 15.2. The van der Waals surface area contributed by atoms with E-state index in [1.807, 2.05) is 0 Å². The Balaban J connectivity index is 4.42. The van der Waals surface area contributed by atoms with Crippen LogP contribution in [0.2, 0.25) is 0 Å². The van der Waals surface area contributed by atoms with Crippen molar-refractivity contribution in [3.63, 3.8) is 0 Å². The molecular formula is C36H73NO3. The number of aliphatic hydroxyl groups excluding tert-OH is 1. The second kappa shape index (κ2) is 28.5. The molecule has 0 aliphatic heterocycles. The minimum absolute atomic E-state index is 0.0659. The summed E-state index contributed by atoms with van der Waals surface area (Å²) in [5.41, 5.74) is 0. The summed E-state index contributed by atoms with van der Waals surface area (Å²) in [6, 6.07) is 0.279. The van der Waals surface area contributed by atoms with Crippen molar-refractivity contribution in [1.82, 2.24) is 4.90 Å². The lowest BCUT2D eigenvalue weighted by Gasteiger charge is -2.29. The van der Waals surface area contributed by atoms with E-state index in [1.165, 1.54) is 103 Å². The zero-order valence-electron chi connectivity index (χ0n) is 28.2. The number of aliphatic hydroxyl groups is 1. The number of esters is 1. The van der Waals surface area contributed by atoms with Gasteiger partial charge in [0.15, 0.2) is 0 Å². The Morgan fingerprint density at radius 1 is 0.625 bits per heavy atom. The molecule has 4 heteroatoms. The average Bonchev–Trinajstić information content (AvgIpc) is 2.95. The third kappa shape index (κ3) is 22.0. The molecule has 40 heavy (non-hydrogen) atoms. The second-order valence-electron chi connectivity index (χ2n) is 12.7. The van der Waals surface area contributed by atoms with Crippen molar-refractivity contribution in [3.05, 3.63) is 0 Å². The molecule has 0 aromatic rings. The normalized spacial score (nSPS) is 14.8. The predicted octanol–water partition coefficient (Wildman–Crippen LogP) is 10.5. The number of unbranched alkanes of at least 4 members (excludes halogenated alkanes) is 10. The zero-order chi connectivity index (χ0) is 29.8. The van der Waals surface area contributed by atoms with Crippen molar-refractivity contribution < 1.29 is 14.6 Å². The van der Waals surface area contributed by atoms with Crippen LogP contribution < -0.4 is 0 Å². The van der Waals surface area contributed by atoms with E-state index in [4.69, 9.17) is 4.74 Å². The van der Waals surface area contributed by atoms with Gasteiger partial charge in [0.05, 0.1) is 19.1 Å². The first-order chi connectivity index (χ1) is 19.4. The number of ether oxygens (including phenoxy) is 1. The molecule has 0 aliphatic rings. The van der Waals surface area contributed by atoms with E-state index in [-0.39, 0.29) is 18.1 Å². The molecule has 0 aliphatic carbocycles. The maximum Gasteiger partial charge on any atom is 0.307 e. The quantitative estimate of drug-likeness (QED) is 0.0693. The summed E-state index contributed by atoms with van der Waals surface area (Å²) in [5, 5.41) is 10.3. The van der Waals surface area contributed by atoms with Crippen molar-refractivity contribution >= 4 is 5.97 Å². The highest BCUT2D eigenvalue weighted by Crippen LogP contribution is 2.29. The van der Waals surface area contributed by atoms with Gasteiger partial charge in [-0.05, 0) is 50.6 Å². The van der Waals surface area contributed by atoms with Crippen molar-refractivity contribution in [2.24, 2.45) is 11.8 Å². The highest BCUT2D eigenvalue weighted by Gasteiger charge is 2.21. The molecular weight excluding hydrogens is 494 g/mol. The van der Waals surface area contributed by atoms with Gasteiger partial charge in [-0.3, -0.25) is 4.79 Å². The van der Waals surface area contributed by atoms with E-state index in [0.717, 1.165) is 57.0 Å². The second-order valence-corrected chi connectivity index (χ2v) is 12.7. The first kappa shape index (κ1) is 39.4. The number of hydrogen-bond donors (Lipinski definition) is 1. The third-order valence-electron chi connectivity index (χ3n) is 9.18. The Kier molecular flexibility index (Phi) is 28.1. The van der Waals surface area contributed by atoms with Crippen LogP contribution in [0.1, 0.15) is 183 Å². The van der Waals surface area contributed by atoms with Gasteiger partial charge in [0, 0.05) is 6.04 Å². The lowest BCUT2D eigenvalue weighted by molar-refractivity contribution is -0.145. The minimum atomic E-state index is -0.256. The molecule has 0 amide bonds. The molecule has 240 valence electrons.